The second-order valence-electron chi connectivity index (χ2n) is 13.8. The van der Waals surface area contributed by atoms with Crippen LogP contribution in [-0.2, 0) is 29.2 Å². The van der Waals surface area contributed by atoms with Gasteiger partial charge in [0.05, 0.1) is 22.3 Å². The first-order chi connectivity index (χ1) is 21.8. The third-order valence-corrected chi connectivity index (χ3v) is 18.3. The van der Waals surface area contributed by atoms with E-state index in [9.17, 15) is 27.4 Å². The molecule has 14 heteroatoms. The first-order valence-electron chi connectivity index (χ1n) is 15.4. The lowest BCUT2D eigenvalue weighted by atomic mass is 9.51. The van der Waals surface area contributed by atoms with Crippen molar-refractivity contribution in [2.75, 3.05) is 0 Å². The van der Waals surface area contributed by atoms with Gasteiger partial charge in [-0.1, -0.05) is 0 Å². The molecule has 0 amide bonds. The highest BCUT2D eigenvalue weighted by molar-refractivity contribution is 14.1. The monoisotopic (exact) mass is 1090 g/mol. The summed E-state index contributed by atoms with van der Waals surface area (Å²) in [6.07, 6.45) is 4.41. The Labute approximate surface area is 320 Å². The number of carbonyl (C=O) groups is 3. The van der Waals surface area contributed by atoms with E-state index in [1.165, 1.54) is 18.6 Å². The van der Waals surface area contributed by atoms with Gasteiger partial charge in [-0.3, -0.25) is 9.59 Å². The predicted octanol–water partition coefficient (Wildman–Crippen LogP) is 6.49. The van der Waals surface area contributed by atoms with Crippen LogP contribution in [0.5, 0.6) is 5.75 Å². The van der Waals surface area contributed by atoms with Gasteiger partial charge >= 0.3 is 17.9 Å². The van der Waals surface area contributed by atoms with Crippen molar-refractivity contribution in [1.82, 2.24) is 0 Å². The molecule has 6 saturated carbocycles. The summed E-state index contributed by atoms with van der Waals surface area (Å²) in [5.74, 6) is -1.97. The van der Waals surface area contributed by atoms with Crippen molar-refractivity contribution >= 4 is 118 Å². The summed E-state index contributed by atoms with van der Waals surface area (Å²) in [5, 5.41) is 0. The largest absolute Gasteiger partial charge is 0.744 e. The Morgan fingerprint density at radius 2 is 1.52 bits per heavy atom. The fourth-order valence-corrected chi connectivity index (χ4v) is 15.1. The number of halogens is 4. The highest BCUT2D eigenvalue weighted by Crippen LogP contribution is 2.61. The lowest BCUT2D eigenvalue weighted by Crippen LogP contribution is -2.44. The van der Waals surface area contributed by atoms with Crippen LogP contribution in [0.2, 0.25) is 0 Å². The number of hydrogen-bond donors (Lipinski definition) is 0. The summed E-state index contributed by atoms with van der Waals surface area (Å²) < 4.78 is 58.3. The average molecular weight is 1100 g/mol. The van der Waals surface area contributed by atoms with Crippen molar-refractivity contribution in [3.63, 3.8) is 0 Å². The average Bonchev–Trinajstić information content (AvgIpc) is 3.59. The van der Waals surface area contributed by atoms with Gasteiger partial charge in [0, 0.05) is 26.1 Å². The Balaban J connectivity index is 1.07. The lowest BCUT2D eigenvalue weighted by molar-refractivity contribution is -0.149. The van der Waals surface area contributed by atoms with E-state index in [0.29, 0.717) is 41.2 Å². The van der Waals surface area contributed by atoms with E-state index in [-0.39, 0.29) is 22.5 Å². The molecule has 244 valence electrons. The number of rotatable bonds is 6. The Bertz CT molecular complexity index is 1780. The van der Waals surface area contributed by atoms with Gasteiger partial charge in [0.1, 0.15) is 28.1 Å². The van der Waals surface area contributed by atoms with Gasteiger partial charge in [0.15, 0.2) is 0 Å². The Kier molecular flexibility index (Phi) is 8.49. The van der Waals surface area contributed by atoms with Crippen LogP contribution in [0.25, 0.3) is 0 Å². The van der Waals surface area contributed by atoms with Gasteiger partial charge in [0.25, 0.3) is 0 Å². The summed E-state index contributed by atoms with van der Waals surface area (Å²) in [7, 11) is -4.75. The summed E-state index contributed by atoms with van der Waals surface area (Å²) in [6.45, 7) is 0. The molecule has 0 N–H and O–H groups in total. The topological polar surface area (TPSA) is 136 Å². The number of esters is 3. The highest BCUT2D eigenvalue weighted by Gasteiger charge is 2.70. The molecule has 1 heterocycles. The van der Waals surface area contributed by atoms with Crippen LogP contribution in [0, 0.1) is 61.6 Å². The normalized spacial score (nSPS) is 36.6. The van der Waals surface area contributed by atoms with Crippen LogP contribution < -0.4 is 4.74 Å². The number of ether oxygens (including phenoxy) is 3. The zero-order valence-corrected chi connectivity index (χ0v) is 33.4. The minimum Gasteiger partial charge on any atom is -0.744 e. The van der Waals surface area contributed by atoms with Crippen LogP contribution in [-0.4, -0.2) is 43.1 Å². The molecule has 46 heavy (non-hydrogen) atoms. The quantitative estimate of drug-likeness (QED) is 0.0795. The van der Waals surface area contributed by atoms with Gasteiger partial charge in [-0.15, -0.1) is 0 Å². The Hall–Kier alpha value is -0.320. The Morgan fingerprint density at radius 3 is 2.17 bits per heavy atom. The maximum absolute atomic E-state index is 13.9. The molecule has 6 atom stereocenters. The number of hydrogen-bond acceptors (Lipinski definition) is 9. The predicted molar refractivity (Wildman–Crippen MR) is 195 cm³/mol. The lowest BCUT2D eigenvalue weighted by Gasteiger charge is -2.55. The van der Waals surface area contributed by atoms with Gasteiger partial charge in [-0.25, -0.2) is 13.2 Å². The first kappa shape index (κ1) is 32.9. The summed E-state index contributed by atoms with van der Waals surface area (Å²) >= 11 is 8.67. The van der Waals surface area contributed by atoms with Crippen molar-refractivity contribution in [3.05, 3.63) is 49.7 Å². The molecule has 6 bridgehead atoms. The fraction of sp³-hybridized carbons (Fsp3) is 0.531. The van der Waals surface area contributed by atoms with E-state index in [2.05, 4.69) is 90.4 Å². The van der Waals surface area contributed by atoms with Crippen molar-refractivity contribution in [3.8, 4) is 5.75 Å². The van der Waals surface area contributed by atoms with E-state index in [1.54, 1.807) is 6.07 Å². The third kappa shape index (κ3) is 5.29. The molecular weight excluding hydrogens is 1070 g/mol. The molecule has 0 spiro atoms. The molecule has 9 rings (SSSR count). The molecule has 1 saturated heterocycles. The Morgan fingerprint density at radius 1 is 0.848 bits per heavy atom. The van der Waals surface area contributed by atoms with Crippen molar-refractivity contribution in [2.24, 2.45) is 47.3 Å². The molecule has 0 radical (unpaired) electrons. The summed E-state index contributed by atoms with van der Waals surface area (Å²) in [4.78, 5) is 40.2. The summed E-state index contributed by atoms with van der Waals surface area (Å²) in [5.41, 5.74) is 0.894. The zero-order valence-electron chi connectivity index (χ0n) is 24.0. The maximum atomic E-state index is 13.9. The molecule has 6 unspecified atom stereocenters. The van der Waals surface area contributed by atoms with Gasteiger partial charge in [-0.2, -0.15) is 0 Å². The van der Waals surface area contributed by atoms with Crippen LogP contribution in [0.1, 0.15) is 60.4 Å². The van der Waals surface area contributed by atoms with Crippen LogP contribution in [0.3, 0.4) is 0 Å². The van der Waals surface area contributed by atoms with E-state index in [4.69, 9.17) is 14.2 Å². The van der Waals surface area contributed by atoms with Crippen LogP contribution in [0.4, 0.5) is 0 Å². The molecule has 7 fully saturated rings. The minimum atomic E-state index is -4.75. The van der Waals surface area contributed by atoms with Gasteiger partial charge in [0.2, 0.25) is 0 Å². The van der Waals surface area contributed by atoms with Crippen LogP contribution in [0.15, 0.2) is 29.2 Å². The van der Waals surface area contributed by atoms with Crippen molar-refractivity contribution < 1.29 is 41.6 Å². The zero-order chi connectivity index (χ0) is 32.4. The molecule has 6 aliphatic carbocycles. The number of carbonyl (C=O) groups excluding carboxylic acids is 3. The molecule has 2 aromatic rings. The molecule has 0 aromatic heterocycles. The van der Waals surface area contributed by atoms with E-state index in [0.717, 1.165) is 40.0 Å². The molecule has 7 aliphatic rings. The highest BCUT2D eigenvalue weighted by atomic mass is 127. The van der Waals surface area contributed by atoms with E-state index >= 15 is 0 Å². The standard InChI is InChI=1S/C32H28I4O9S/c33-19-10-20(34)26(35)27(36)25(19)32(39)45-29-17-9-18-24(31(38)44-28(18)29)23(17)30(37)43-15-1-2-21(46(40,41)42)16(8-15)22-13-4-11-3-12(6-13)7-14(22)5-11/h1-2,8,10-14,17-18,22-24,28-29H,3-7,9H2,(H,40,41,42)/p-1. The second-order valence-corrected chi connectivity index (χ2v) is 19.6. The second kappa shape index (κ2) is 11.9. The number of benzene rings is 2. The first-order valence-corrected chi connectivity index (χ1v) is 21.1. The van der Waals surface area contributed by atoms with E-state index < -0.39 is 58.0 Å². The summed E-state index contributed by atoms with van der Waals surface area (Å²) in [6, 6.07) is 6.10. The van der Waals surface area contributed by atoms with Crippen LogP contribution >= 0.6 is 90.4 Å². The van der Waals surface area contributed by atoms with Crippen molar-refractivity contribution in [2.45, 2.75) is 61.5 Å². The van der Waals surface area contributed by atoms with E-state index in [1.807, 2.05) is 6.07 Å². The molecular formula is C32H27I4O9S-. The fourth-order valence-electron chi connectivity index (χ4n) is 10.1. The van der Waals surface area contributed by atoms with Gasteiger partial charge in [-0.05, 0) is 188 Å². The molecule has 1 aliphatic heterocycles. The minimum absolute atomic E-state index is 0.0723. The SMILES string of the molecule is O=C(OC1C2CC3C1OC(=O)C3C2C(=O)Oc1ccc(S(=O)(=O)[O-])c(C2C3CC4CC(C3)CC2C4)c1)c1c(I)cc(I)c(I)c1I. The number of fused-ring (bicyclic) bond motifs is 1. The maximum Gasteiger partial charge on any atom is 0.340 e. The van der Waals surface area contributed by atoms with Crippen molar-refractivity contribution in [1.29, 1.82) is 0 Å². The van der Waals surface area contributed by atoms with Gasteiger partial charge < -0.3 is 18.8 Å². The smallest absolute Gasteiger partial charge is 0.340 e. The third-order valence-electron chi connectivity index (χ3n) is 11.4. The molecule has 2 aromatic carbocycles. The molecule has 9 nitrogen and oxygen atoms in total.